The van der Waals surface area contributed by atoms with Gasteiger partial charge in [-0.2, -0.15) is 5.10 Å². The van der Waals surface area contributed by atoms with Crippen molar-refractivity contribution in [2.75, 3.05) is 7.11 Å². The molecule has 0 bridgehead atoms. The second kappa shape index (κ2) is 7.06. The van der Waals surface area contributed by atoms with Gasteiger partial charge in [-0.1, -0.05) is 19.3 Å². The molecule has 0 spiro atoms. The number of non-ortho nitro benzene ring substituents is 1. The van der Waals surface area contributed by atoms with Gasteiger partial charge in [-0.15, -0.1) is 0 Å². The van der Waals surface area contributed by atoms with Crippen LogP contribution in [0.2, 0.25) is 0 Å². The number of aryl methyl sites for hydroxylation is 1. The van der Waals surface area contributed by atoms with Crippen molar-refractivity contribution in [1.29, 1.82) is 0 Å². The number of aromatic nitrogens is 4. The van der Waals surface area contributed by atoms with Gasteiger partial charge in [-0.25, -0.2) is 9.67 Å². The van der Waals surface area contributed by atoms with Crippen molar-refractivity contribution < 1.29 is 9.66 Å². The summed E-state index contributed by atoms with van der Waals surface area (Å²) < 4.78 is 6.92. The highest BCUT2D eigenvalue weighted by Crippen LogP contribution is 2.35. The molecule has 9 heteroatoms. The van der Waals surface area contributed by atoms with Gasteiger partial charge in [0.25, 0.3) is 11.2 Å². The number of hydrogen-bond acceptors (Lipinski definition) is 6. The molecular formula is C19H21N5O4. The minimum absolute atomic E-state index is 0.0934. The molecule has 0 aliphatic heterocycles. The standard InChI is InChI=1S/C19H21N5O4/c1-23-18-15(16(22-23)11-6-4-3-5-7-11)19(25)21-17(20-18)13-9-8-12(24(26)27)10-14(13)28-2/h8-11H,3-7H2,1-2H3,(H,20,21,25). The number of H-pyrrole nitrogens is 1. The van der Waals surface area contributed by atoms with Crippen LogP contribution >= 0.6 is 0 Å². The summed E-state index contributed by atoms with van der Waals surface area (Å²) in [5.41, 5.74) is 1.44. The first kappa shape index (κ1) is 18.1. The molecule has 1 N–H and O–H groups in total. The summed E-state index contributed by atoms with van der Waals surface area (Å²) in [5, 5.41) is 16.1. The summed E-state index contributed by atoms with van der Waals surface area (Å²) in [5.74, 6) is 0.842. The first-order valence-electron chi connectivity index (χ1n) is 9.29. The van der Waals surface area contributed by atoms with Crippen LogP contribution in [0, 0.1) is 10.1 Å². The van der Waals surface area contributed by atoms with Gasteiger partial charge < -0.3 is 9.72 Å². The van der Waals surface area contributed by atoms with Crippen LogP contribution in [0.4, 0.5) is 5.69 Å². The minimum atomic E-state index is -0.497. The molecule has 1 saturated carbocycles. The highest BCUT2D eigenvalue weighted by molar-refractivity contribution is 5.80. The molecule has 0 saturated heterocycles. The van der Waals surface area contributed by atoms with E-state index in [9.17, 15) is 14.9 Å². The predicted octanol–water partition coefficient (Wildman–Crippen LogP) is 3.29. The molecule has 0 amide bonds. The minimum Gasteiger partial charge on any atom is -0.496 e. The van der Waals surface area contributed by atoms with Crippen molar-refractivity contribution in [3.8, 4) is 17.1 Å². The molecule has 1 aliphatic carbocycles. The molecule has 1 aliphatic rings. The molecule has 146 valence electrons. The van der Waals surface area contributed by atoms with E-state index >= 15 is 0 Å². The van der Waals surface area contributed by atoms with Gasteiger partial charge in [0, 0.05) is 19.0 Å². The van der Waals surface area contributed by atoms with E-state index in [4.69, 9.17) is 4.74 Å². The van der Waals surface area contributed by atoms with Crippen molar-refractivity contribution in [1.82, 2.24) is 19.7 Å². The van der Waals surface area contributed by atoms with Gasteiger partial charge in [0.1, 0.15) is 17.0 Å². The van der Waals surface area contributed by atoms with Gasteiger partial charge in [0.05, 0.1) is 29.4 Å². The van der Waals surface area contributed by atoms with E-state index in [0.29, 0.717) is 22.4 Å². The molecule has 1 aromatic carbocycles. The second-order valence-corrected chi connectivity index (χ2v) is 7.10. The number of nitrogens with zero attached hydrogens (tertiary/aromatic N) is 4. The fourth-order valence-electron chi connectivity index (χ4n) is 3.96. The van der Waals surface area contributed by atoms with Crippen LogP contribution < -0.4 is 10.3 Å². The topological polar surface area (TPSA) is 116 Å². The van der Waals surface area contributed by atoms with Crippen LogP contribution in [0.1, 0.15) is 43.7 Å². The van der Waals surface area contributed by atoms with E-state index in [0.717, 1.165) is 31.4 Å². The number of fused-ring (bicyclic) bond motifs is 1. The number of hydrogen-bond donors (Lipinski definition) is 1. The Balaban J connectivity index is 1.86. The van der Waals surface area contributed by atoms with Gasteiger partial charge in [-0.05, 0) is 18.9 Å². The Morgan fingerprint density at radius 3 is 2.71 bits per heavy atom. The number of rotatable bonds is 4. The van der Waals surface area contributed by atoms with E-state index in [2.05, 4.69) is 15.1 Å². The normalized spacial score (nSPS) is 15.1. The summed E-state index contributed by atoms with van der Waals surface area (Å²) in [4.78, 5) is 30.9. The third kappa shape index (κ3) is 3.02. The Kier molecular flexibility index (Phi) is 4.58. The van der Waals surface area contributed by atoms with Crippen LogP contribution in [0.15, 0.2) is 23.0 Å². The van der Waals surface area contributed by atoms with E-state index in [1.54, 1.807) is 11.7 Å². The van der Waals surface area contributed by atoms with Crippen molar-refractivity contribution in [3.05, 3.63) is 44.4 Å². The molecule has 3 aromatic rings. The predicted molar refractivity (Wildman–Crippen MR) is 104 cm³/mol. The Labute approximate surface area is 160 Å². The molecule has 28 heavy (non-hydrogen) atoms. The maximum absolute atomic E-state index is 12.9. The zero-order valence-corrected chi connectivity index (χ0v) is 15.8. The Morgan fingerprint density at radius 2 is 2.04 bits per heavy atom. The lowest BCUT2D eigenvalue weighted by atomic mass is 9.86. The van der Waals surface area contributed by atoms with E-state index in [1.165, 1.54) is 31.7 Å². The quantitative estimate of drug-likeness (QED) is 0.546. The van der Waals surface area contributed by atoms with Crippen molar-refractivity contribution in [2.24, 2.45) is 7.05 Å². The highest BCUT2D eigenvalue weighted by atomic mass is 16.6. The van der Waals surface area contributed by atoms with Crippen molar-refractivity contribution >= 4 is 16.7 Å². The molecule has 0 radical (unpaired) electrons. The number of nitro benzene ring substituents is 1. The summed E-state index contributed by atoms with van der Waals surface area (Å²) in [6, 6.07) is 4.20. The van der Waals surface area contributed by atoms with Crippen LogP contribution in [0.25, 0.3) is 22.4 Å². The smallest absolute Gasteiger partial charge is 0.273 e. The van der Waals surface area contributed by atoms with Gasteiger partial charge in [-0.3, -0.25) is 14.9 Å². The summed E-state index contributed by atoms with van der Waals surface area (Å²) in [7, 11) is 3.20. The molecule has 2 aromatic heterocycles. The van der Waals surface area contributed by atoms with Crippen LogP contribution in [-0.4, -0.2) is 31.8 Å². The maximum atomic E-state index is 12.9. The monoisotopic (exact) mass is 383 g/mol. The molecular weight excluding hydrogens is 362 g/mol. The molecule has 1 fully saturated rings. The zero-order chi connectivity index (χ0) is 19.8. The average molecular weight is 383 g/mol. The molecule has 9 nitrogen and oxygen atoms in total. The molecule has 0 unspecified atom stereocenters. The molecule has 0 atom stereocenters. The average Bonchev–Trinajstić information content (AvgIpc) is 3.05. The van der Waals surface area contributed by atoms with Gasteiger partial charge >= 0.3 is 0 Å². The Hall–Kier alpha value is -3.23. The van der Waals surface area contributed by atoms with Crippen molar-refractivity contribution in [3.63, 3.8) is 0 Å². The first-order valence-corrected chi connectivity index (χ1v) is 9.29. The number of methoxy groups -OCH3 is 1. The van der Waals surface area contributed by atoms with E-state index < -0.39 is 4.92 Å². The third-order valence-corrected chi connectivity index (χ3v) is 5.36. The van der Waals surface area contributed by atoms with E-state index in [1.807, 2.05) is 0 Å². The van der Waals surface area contributed by atoms with Crippen LogP contribution in [0.3, 0.4) is 0 Å². The fourth-order valence-corrected chi connectivity index (χ4v) is 3.96. The lowest BCUT2D eigenvalue weighted by Gasteiger charge is -2.19. The lowest BCUT2D eigenvalue weighted by molar-refractivity contribution is -0.384. The highest BCUT2D eigenvalue weighted by Gasteiger charge is 2.25. The SMILES string of the molecule is COc1cc([N+](=O)[O-])ccc1-c1nc2c(c(C3CCCCC3)nn2C)c(=O)[nH]1. The van der Waals surface area contributed by atoms with Gasteiger partial charge in [0.15, 0.2) is 5.65 Å². The Bertz CT molecular complexity index is 1110. The van der Waals surface area contributed by atoms with E-state index in [-0.39, 0.29) is 22.9 Å². The number of nitrogens with one attached hydrogen (secondary N) is 1. The number of nitro groups is 1. The van der Waals surface area contributed by atoms with Crippen LogP contribution in [-0.2, 0) is 7.05 Å². The summed E-state index contributed by atoms with van der Waals surface area (Å²) >= 11 is 0. The third-order valence-electron chi connectivity index (χ3n) is 5.36. The summed E-state index contributed by atoms with van der Waals surface area (Å²) in [6.45, 7) is 0. The Morgan fingerprint density at radius 1 is 1.29 bits per heavy atom. The largest absolute Gasteiger partial charge is 0.496 e. The number of benzene rings is 1. The zero-order valence-electron chi connectivity index (χ0n) is 15.8. The second-order valence-electron chi connectivity index (χ2n) is 7.10. The molecule has 2 heterocycles. The maximum Gasteiger partial charge on any atom is 0.273 e. The van der Waals surface area contributed by atoms with Gasteiger partial charge in [0.2, 0.25) is 0 Å². The first-order chi connectivity index (χ1) is 13.5. The number of aromatic amines is 1. The van der Waals surface area contributed by atoms with Crippen molar-refractivity contribution in [2.45, 2.75) is 38.0 Å². The summed E-state index contributed by atoms with van der Waals surface area (Å²) in [6.07, 6.45) is 5.57. The number of ether oxygens (including phenoxy) is 1. The lowest BCUT2D eigenvalue weighted by Crippen LogP contribution is -2.13. The van der Waals surface area contributed by atoms with Crippen LogP contribution in [0.5, 0.6) is 5.75 Å². The fraction of sp³-hybridized carbons (Fsp3) is 0.421. The molecule has 4 rings (SSSR count).